The first kappa shape index (κ1) is 61.2. The van der Waals surface area contributed by atoms with Crippen LogP contribution in [0, 0.1) is 17.8 Å². The van der Waals surface area contributed by atoms with Gasteiger partial charge in [0.2, 0.25) is 41.4 Å². The van der Waals surface area contributed by atoms with E-state index < -0.39 is 125 Å². The second kappa shape index (κ2) is 26.9. The number of carbonyl (C=O) groups excluding carboxylic acids is 9. The number of ether oxygens (including phenoxy) is 1. The Balaban J connectivity index is 1.90. The Kier molecular flexibility index (Phi) is 22.0. The van der Waals surface area contributed by atoms with Gasteiger partial charge in [0.05, 0.1) is 5.60 Å². The molecule has 2 heterocycles. The summed E-state index contributed by atoms with van der Waals surface area (Å²) in [5.74, 6) is -7.65. The number of hydrogen-bond acceptors (Lipinski definition) is 11. The highest BCUT2D eigenvalue weighted by atomic mass is 16.6. The lowest BCUT2D eigenvalue weighted by molar-refractivity contribution is -0.177. The first-order valence-corrected chi connectivity index (χ1v) is 26.4. The monoisotopic (exact) mass is 1040 g/mol. The Hall–Kier alpha value is -6.37. The molecule has 0 bridgehead atoms. The molecule has 0 spiro atoms. The number of esters is 1. The number of amides is 8. The van der Waals surface area contributed by atoms with Crippen LogP contribution in [0.25, 0.3) is 0 Å². The van der Waals surface area contributed by atoms with Crippen molar-refractivity contribution in [2.75, 3.05) is 34.7 Å². The number of carbonyl (C=O) groups is 9. The summed E-state index contributed by atoms with van der Waals surface area (Å²) in [6.07, 6.45) is 0.136. The molecule has 0 aromatic heterocycles. The van der Waals surface area contributed by atoms with Crippen molar-refractivity contribution in [2.45, 2.75) is 174 Å². The van der Waals surface area contributed by atoms with Crippen LogP contribution in [0.4, 0.5) is 0 Å². The standard InChI is InChI=1S/C56H84N8O11/c1-15-34(5)44-53(71)60(11)36(7)47(65)57-40(30-33(3)4)51(69)63(14)46(56(9,10)74)55(73)75-45(35(6)16-2)54(72)61(12)37(8)48(66)58-41(31-38-24-19-17-20-25-38)50(68)62(13)43(32-39-26-21-18-22-27-39)52(70)64-29-23-28-42(64)49(67)59-44/h17-22,24-27,33-37,40-46,74H,15-16,23,28-32H2,1-14H3,(H,57,65)(H,58,66)(H,59,67)/t34?,35?,36-,37-,40?,41?,42?,43-,44?,45+,46+/m0/s1. The molecule has 0 radical (unpaired) electrons. The molecule has 4 rings (SSSR count). The first-order chi connectivity index (χ1) is 35.2. The number of rotatable bonds is 11. The van der Waals surface area contributed by atoms with E-state index >= 15 is 9.59 Å². The van der Waals surface area contributed by atoms with E-state index in [-0.39, 0.29) is 38.1 Å². The lowest BCUT2D eigenvalue weighted by Crippen LogP contribution is -2.62. The van der Waals surface area contributed by atoms with Gasteiger partial charge in [0, 0.05) is 53.5 Å². The van der Waals surface area contributed by atoms with Gasteiger partial charge in [-0.15, -0.1) is 0 Å². The molecule has 2 aliphatic heterocycles. The molecule has 2 aromatic carbocycles. The van der Waals surface area contributed by atoms with Crippen molar-refractivity contribution >= 4 is 53.2 Å². The summed E-state index contributed by atoms with van der Waals surface area (Å²) >= 11 is 0. The van der Waals surface area contributed by atoms with Crippen LogP contribution in [0.1, 0.15) is 112 Å². The zero-order valence-corrected chi connectivity index (χ0v) is 46.6. The summed E-state index contributed by atoms with van der Waals surface area (Å²) < 4.78 is 5.98. The van der Waals surface area contributed by atoms with Gasteiger partial charge in [-0.25, -0.2) is 4.79 Å². The SMILES string of the molecule is CCC(C)C1NC(=O)C2CCCN2C(=O)[C@H](Cc2ccccc2)N(C)C(=O)C(Cc2ccccc2)NC(=O)[C@H](C)N(C)C(=O)[C@@H](C(C)CC)OC(=O)[C@H](C(C)(C)O)N(C)C(=O)C(CC(C)C)NC(=O)[C@H](C)N(C)C1=O. The molecular formula is C56H84N8O11. The fourth-order valence-corrected chi connectivity index (χ4v) is 9.64. The molecule has 11 atom stereocenters. The van der Waals surface area contributed by atoms with E-state index in [1.54, 1.807) is 45.0 Å². The van der Waals surface area contributed by atoms with Crippen molar-refractivity contribution in [3.05, 3.63) is 71.8 Å². The molecule has 2 fully saturated rings. The number of nitrogens with zero attached hydrogens (tertiary/aromatic N) is 5. The second-order valence-electron chi connectivity index (χ2n) is 21.7. The third kappa shape index (κ3) is 15.4. The topological polar surface area (TPSA) is 235 Å². The highest BCUT2D eigenvalue weighted by Crippen LogP contribution is 2.26. The lowest BCUT2D eigenvalue weighted by atomic mass is 9.94. The van der Waals surface area contributed by atoms with Crippen LogP contribution in [0.15, 0.2) is 60.7 Å². The summed E-state index contributed by atoms with van der Waals surface area (Å²) in [6, 6.07) is 8.05. The number of nitrogens with one attached hydrogen (secondary N) is 3. The van der Waals surface area contributed by atoms with Crippen LogP contribution >= 0.6 is 0 Å². The average Bonchev–Trinajstić information content (AvgIpc) is 3.88. The van der Waals surface area contributed by atoms with Gasteiger partial charge in [-0.1, -0.05) is 109 Å². The van der Waals surface area contributed by atoms with Crippen LogP contribution in [-0.2, 0) is 60.7 Å². The Morgan fingerprint density at radius 3 is 1.61 bits per heavy atom. The van der Waals surface area contributed by atoms with Crippen LogP contribution in [0.3, 0.4) is 0 Å². The zero-order chi connectivity index (χ0) is 56.2. The summed E-state index contributed by atoms with van der Waals surface area (Å²) in [5, 5.41) is 20.1. The van der Waals surface area contributed by atoms with Crippen LogP contribution in [-0.4, -0.2) is 178 Å². The first-order valence-electron chi connectivity index (χ1n) is 26.4. The maximum Gasteiger partial charge on any atom is 0.332 e. The molecule has 0 saturated carbocycles. The molecule has 414 valence electrons. The molecule has 2 aromatic rings. The fourth-order valence-electron chi connectivity index (χ4n) is 9.64. The third-order valence-electron chi connectivity index (χ3n) is 15.1. The number of aliphatic hydroxyl groups is 1. The van der Waals surface area contributed by atoms with Gasteiger partial charge in [-0.2, -0.15) is 0 Å². The largest absolute Gasteiger partial charge is 0.450 e. The van der Waals surface area contributed by atoms with Gasteiger partial charge in [-0.05, 0) is 76.3 Å². The van der Waals surface area contributed by atoms with Crippen molar-refractivity contribution in [2.24, 2.45) is 17.8 Å². The summed E-state index contributed by atoms with van der Waals surface area (Å²) in [5.41, 5.74) is -0.543. The normalized spacial score (nSPS) is 27.1. The number of hydrogen-bond donors (Lipinski definition) is 4. The fraction of sp³-hybridized carbons (Fsp3) is 0.625. The van der Waals surface area contributed by atoms with Crippen molar-refractivity contribution in [1.29, 1.82) is 0 Å². The maximum atomic E-state index is 15.1. The van der Waals surface area contributed by atoms with Crippen molar-refractivity contribution in [3.63, 3.8) is 0 Å². The molecule has 6 unspecified atom stereocenters. The molecule has 75 heavy (non-hydrogen) atoms. The Labute approximate surface area is 443 Å². The van der Waals surface area contributed by atoms with Crippen molar-refractivity contribution < 1.29 is 53.0 Å². The Morgan fingerprint density at radius 1 is 0.613 bits per heavy atom. The van der Waals surface area contributed by atoms with E-state index in [1.807, 2.05) is 57.2 Å². The molecule has 19 nitrogen and oxygen atoms in total. The summed E-state index contributed by atoms with van der Waals surface area (Å²) in [4.78, 5) is 137. The maximum absolute atomic E-state index is 15.1. The average molecular weight is 1050 g/mol. The van der Waals surface area contributed by atoms with E-state index in [1.165, 1.54) is 70.6 Å². The lowest BCUT2D eigenvalue weighted by Gasteiger charge is -2.39. The van der Waals surface area contributed by atoms with Gasteiger partial charge >= 0.3 is 5.97 Å². The van der Waals surface area contributed by atoms with Crippen molar-refractivity contribution in [1.82, 2.24) is 40.4 Å². The predicted octanol–water partition coefficient (Wildman–Crippen LogP) is 3.10. The molecular weight excluding hydrogens is 961 g/mol. The van der Waals surface area contributed by atoms with Gasteiger partial charge in [0.25, 0.3) is 5.91 Å². The molecule has 2 saturated heterocycles. The Bertz CT molecular complexity index is 2330. The molecule has 0 aliphatic carbocycles. The quantitative estimate of drug-likeness (QED) is 0.239. The second-order valence-corrected chi connectivity index (χ2v) is 21.7. The van der Waals surface area contributed by atoms with Crippen LogP contribution < -0.4 is 16.0 Å². The van der Waals surface area contributed by atoms with Crippen molar-refractivity contribution in [3.8, 4) is 0 Å². The van der Waals surface area contributed by atoms with E-state index in [0.29, 0.717) is 24.8 Å². The van der Waals surface area contributed by atoms with E-state index in [4.69, 9.17) is 4.74 Å². The molecule has 2 aliphatic rings. The minimum absolute atomic E-state index is 0.00393. The minimum Gasteiger partial charge on any atom is -0.450 e. The third-order valence-corrected chi connectivity index (χ3v) is 15.1. The Morgan fingerprint density at radius 2 is 1.11 bits per heavy atom. The van der Waals surface area contributed by atoms with Crippen LogP contribution in [0.2, 0.25) is 0 Å². The highest BCUT2D eigenvalue weighted by Gasteiger charge is 2.47. The zero-order valence-electron chi connectivity index (χ0n) is 46.6. The van der Waals surface area contributed by atoms with E-state index in [0.717, 1.165) is 15.4 Å². The minimum atomic E-state index is -1.96. The van der Waals surface area contributed by atoms with Crippen LogP contribution in [0.5, 0.6) is 0 Å². The van der Waals surface area contributed by atoms with Gasteiger partial charge in [0.15, 0.2) is 12.1 Å². The van der Waals surface area contributed by atoms with E-state index in [2.05, 4.69) is 16.0 Å². The van der Waals surface area contributed by atoms with Gasteiger partial charge in [-0.3, -0.25) is 38.4 Å². The number of likely N-dealkylation sites (N-methyl/N-ethyl adjacent to an activating group) is 4. The van der Waals surface area contributed by atoms with E-state index in [9.17, 15) is 38.7 Å². The predicted molar refractivity (Wildman–Crippen MR) is 283 cm³/mol. The summed E-state index contributed by atoms with van der Waals surface area (Å²) in [6.45, 7) is 16.5. The molecule has 4 N–H and O–H groups in total. The molecule has 8 amide bonds. The highest BCUT2D eigenvalue weighted by molar-refractivity contribution is 5.99. The number of fused-ring (bicyclic) bond motifs is 1. The number of cyclic esters (lactones) is 1. The van der Waals surface area contributed by atoms with Gasteiger partial charge in [0.1, 0.15) is 42.3 Å². The smallest absolute Gasteiger partial charge is 0.332 e. The molecule has 19 heteroatoms. The number of benzene rings is 2. The summed E-state index contributed by atoms with van der Waals surface area (Å²) in [7, 11) is 5.55. The van der Waals surface area contributed by atoms with Gasteiger partial charge < -0.3 is 50.3 Å².